The molecule has 1 N–H and O–H groups in total. The summed E-state index contributed by atoms with van der Waals surface area (Å²) in [7, 11) is 0. The minimum Gasteiger partial charge on any atom is -0.366 e. The van der Waals surface area contributed by atoms with Gasteiger partial charge in [-0.15, -0.1) is 0 Å². The van der Waals surface area contributed by atoms with E-state index in [0.717, 1.165) is 19.5 Å². The second kappa shape index (κ2) is 9.21. The molecule has 1 amide bonds. The highest BCUT2D eigenvalue weighted by Gasteiger charge is 2.23. The normalized spacial score (nSPS) is 16.0. The number of piperazine rings is 1. The van der Waals surface area contributed by atoms with E-state index in [0.29, 0.717) is 31.0 Å². The fourth-order valence-electron chi connectivity index (χ4n) is 3.17. The average molecular weight is 404 g/mol. The fraction of sp³-hybridized carbons (Fsp3) is 0.450. The number of hydrogen-bond donors (Lipinski definition) is 1. The van der Waals surface area contributed by atoms with Crippen molar-refractivity contribution in [1.29, 1.82) is 0 Å². The third kappa shape index (κ3) is 4.72. The van der Waals surface area contributed by atoms with Gasteiger partial charge in [-0.3, -0.25) is 14.5 Å². The molecule has 3 rings (SSSR count). The van der Waals surface area contributed by atoms with E-state index in [4.69, 9.17) is 11.6 Å². The first kappa shape index (κ1) is 20.4. The first-order chi connectivity index (χ1) is 13.5. The van der Waals surface area contributed by atoms with Gasteiger partial charge in [0.05, 0.1) is 24.1 Å². The monoisotopic (exact) mass is 403 g/mol. The second-order valence-corrected chi connectivity index (χ2v) is 7.41. The van der Waals surface area contributed by atoms with Crippen LogP contribution in [0.5, 0.6) is 0 Å². The van der Waals surface area contributed by atoms with Crippen molar-refractivity contribution in [2.45, 2.75) is 26.3 Å². The Morgan fingerprint density at radius 3 is 2.54 bits per heavy atom. The lowest BCUT2D eigenvalue weighted by molar-refractivity contribution is -0.122. The Hall–Kier alpha value is -2.38. The summed E-state index contributed by atoms with van der Waals surface area (Å²) in [6.07, 6.45) is 2.56. The SMILES string of the molecule is CC[C@@H](C)NC(=O)CN1CCN(c2cnn(-c3ccccc3)c(=O)c2Cl)CC1. The highest BCUT2D eigenvalue weighted by atomic mass is 35.5. The predicted octanol–water partition coefficient (Wildman–Crippen LogP) is 1.92. The molecule has 2 heterocycles. The summed E-state index contributed by atoms with van der Waals surface area (Å²) < 4.78 is 1.31. The van der Waals surface area contributed by atoms with Gasteiger partial charge >= 0.3 is 0 Å². The summed E-state index contributed by atoms with van der Waals surface area (Å²) in [5, 5.41) is 7.45. The molecule has 8 heteroatoms. The summed E-state index contributed by atoms with van der Waals surface area (Å²) >= 11 is 6.38. The van der Waals surface area contributed by atoms with E-state index in [2.05, 4.69) is 20.2 Å². The molecule has 28 heavy (non-hydrogen) atoms. The number of carbonyl (C=O) groups excluding carboxylic acids is 1. The topological polar surface area (TPSA) is 70.5 Å². The summed E-state index contributed by atoms with van der Waals surface area (Å²) in [6.45, 7) is 7.27. The second-order valence-electron chi connectivity index (χ2n) is 7.04. The molecule has 0 radical (unpaired) electrons. The molecule has 0 saturated carbocycles. The third-order valence-corrected chi connectivity index (χ3v) is 5.36. The van der Waals surface area contributed by atoms with Crippen molar-refractivity contribution in [1.82, 2.24) is 20.0 Å². The quantitative estimate of drug-likeness (QED) is 0.798. The van der Waals surface area contributed by atoms with Crippen LogP contribution in [0.25, 0.3) is 5.69 Å². The molecule has 1 atom stereocenters. The molecule has 0 bridgehead atoms. The van der Waals surface area contributed by atoms with Crippen molar-refractivity contribution in [2.24, 2.45) is 0 Å². The Balaban J connectivity index is 1.64. The molecule has 7 nitrogen and oxygen atoms in total. The number of para-hydroxylation sites is 1. The van der Waals surface area contributed by atoms with E-state index in [1.807, 2.05) is 44.2 Å². The Morgan fingerprint density at radius 2 is 1.89 bits per heavy atom. The Kier molecular flexibility index (Phi) is 6.70. The lowest BCUT2D eigenvalue weighted by Gasteiger charge is -2.35. The number of amides is 1. The average Bonchev–Trinajstić information content (AvgIpc) is 2.71. The highest BCUT2D eigenvalue weighted by Crippen LogP contribution is 2.23. The number of carbonyl (C=O) groups is 1. The van der Waals surface area contributed by atoms with E-state index >= 15 is 0 Å². The largest absolute Gasteiger partial charge is 0.366 e. The van der Waals surface area contributed by atoms with Crippen LogP contribution < -0.4 is 15.8 Å². The van der Waals surface area contributed by atoms with Gasteiger partial charge in [-0.25, -0.2) is 0 Å². The van der Waals surface area contributed by atoms with Gasteiger partial charge in [0.15, 0.2) is 0 Å². The molecule has 1 aromatic carbocycles. The molecule has 1 saturated heterocycles. The van der Waals surface area contributed by atoms with Crippen LogP contribution in [-0.4, -0.2) is 59.4 Å². The van der Waals surface area contributed by atoms with Crippen LogP contribution in [0.2, 0.25) is 5.02 Å². The molecule has 1 fully saturated rings. The maximum Gasteiger partial charge on any atom is 0.292 e. The summed E-state index contributed by atoms with van der Waals surface area (Å²) in [5.74, 6) is 0.0490. The van der Waals surface area contributed by atoms with Crippen LogP contribution >= 0.6 is 11.6 Å². The number of hydrogen-bond acceptors (Lipinski definition) is 5. The Bertz CT molecular complexity index is 863. The van der Waals surface area contributed by atoms with Crippen molar-refractivity contribution in [3.63, 3.8) is 0 Å². The van der Waals surface area contributed by atoms with Gasteiger partial charge in [0.25, 0.3) is 5.56 Å². The first-order valence-corrected chi connectivity index (χ1v) is 9.97. The zero-order chi connectivity index (χ0) is 20.1. The van der Waals surface area contributed by atoms with Crippen molar-refractivity contribution in [2.75, 3.05) is 37.6 Å². The molecule has 1 aliphatic heterocycles. The van der Waals surface area contributed by atoms with E-state index in [1.54, 1.807) is 6.20 Å². The minimum absolute atomic E-state index is 0.0490. The summed E-state index contributed by atoms with van der Waals surface area (Å²) in [4.78, 5) is 28.9. The van der Waals surface area contributed by atoms with E-state index in [9.17, 15) is 9.59 Å². The molecule has 0 spiro atoms. The molecule has 0 aliphatic carbocycles. The Labute approximate surface area is 169 Å². The van der Waals surface area contributed by atoms with Gasteiger partial charge in [0.2, 0.25) is 5.91 Å². The summed E-state index contributed by atoms with van der Waals surface area (Å²) in [6, 6.07) is 9.40. The van der Waals surface area contributed by atoms with Crippen molar-refractivity contribution in [3.05, 3.63) is 51.9 Å². The van der Waals surface area contributed by atoms with Gasteiger partial charge in [-0.05, 0) is 25.5 Å². The third-order valence-electron chi connectivity index (χ3n) is 5.00. The van der Waals surface area contributed by atoms with Gasteiger partial charge in [-0.1, -0.05) is 36.7 Å². The van der Waals surface area contributed by atoms with Crippen LogP contribution in [-0.2, 0) is 4.79 Å². The standard InChI is InChI=1S/C20H26ClN5O2/c1-3-15(2)23-18(27)14-24-9-11-25(12-10-24)17-13-22-26(20(28)19(17)21)16-7-5-4-6-8-16/h4-8,13,15H,3,9-12,14H2,1-2H3,(H,23,27)/t15-/m1/s1. The van der Waals surface area contributed by atoms with Crippen LogP contribution in [0.3, 0.4) is 0 Å². The first-order valence-electron chi connectivity index (χ1n) is 9.59. The van der Waals surface area contributed by atoms with Crippen LogP contribution in [0.15, 0.2) is 41.3 Å². The van der Waals surface area contributed by atoms with Crippen LogP contribution in [0.4, 0.5) is 5.69 Å². The lowest BCUT2D eigenvalue weighted by atomic mass is 10.2. The number of halogens is 1. The van der Waals surface area contributed by atoms with Crippen molar-refractivity contribution < 1.29 is 4.79 Å². The number of nitrogens with zero attached hydrogens (tertiary/aromatic N) is 4. The summed E-state index contributed by atoms with van der Waals surface area (Å²) in [5.41, 5.74) is 0.987. The maximum atomic E-state index is 12.7. The number of aromatic nitrogens is 2. The number of benzene rings is 1. The van der Waals surface area contributed by atoms with Gasteiger partial charge in [0, 0.05) is 32.2 Å². The molecule has 0 unspecified atom stereocenters. The van der Waals surface area contributed by atoms with Crippen LogP contribution in [0.1, 0.15) is 20.3 Å². The van der Waals surface area contributed by atoms with E-state index in [-0.39, 0.29) is 22.5 Å². The molecule has 1 aliphatic rings. The van der Waals surface area contributed by atoms with Gasteiger partial charge < -0.3 is 10.2 Å². The minimum atomic E-state index is -0.333. The molecule has 1 aromatic heterocycles. The molecule has 150 valence electrons. The highest BCUT2D eigenvalue weighted by molar-refractivity contribution is 6.33. The maximum absolute atomic E-state index is 12.7. The lowest BCUT2D eigenvalue weighted by Crippen LogP contribution is -2.50. The van der Waals surface area contributed by atoms with Crippen molar-refractivity contribution in [3.8, 4) is 5.69 Å². The zero-order valence-electron chi connectivity index (χ0n) is 16.3. The van der Waals surface area contributed by atoms with Gasteiger partial charge in [-0.2, -0.15) is 9.78 Å². The van der Waals surface area contributed by atoms with Crippen molar-refractivity contribution >= 4 is 23.2 Å². The molecular weight excluding hydrogens is 378 g/mol. The number of rotatable bonds is 6. The van der Waals surface area contributed by atoms with Gasteiger partial charge in [0.1, 0.15) is 5.02 Å². The Morgan fingerprint density at radius 1 is 1.21 bits per heavy atom. The van der Waals surface area contributed by atoms with Crippen LogP contribution in [0, 0.1) is 0 Å². The molecule has 2 aromatic rings. The fourth-order valence-corrected chi connectivity index (χ4v) is 3.42. The zero-order valence-corrected chi connectivity index (χ0v) is 17.0. The number of nitrogens with one attached hydrogen (secondary N) is 1. The van der Waals surface area contributed by atoms with E-state index < -0.39 is 0 Å². The predicted molar refractivity (Wildman–Crippen MR) is 111 cm³/mol. The van der Waals surface area contributed by atoms with E-state index in [1.165, 1.54) is 4.68 Å². The number of anilines is 1. The molecular formula is C20H26ClN5O2. The smallest absolute Gasteiger partial charge is 0.292 e.